The first-order valence-corrected chi connectivity index (χ1v) is 10.4. The van der Waals surface area contributed by atoms with E-state index in [1.807, 2.05) is 34.5 Å². The maximum Gasteiger partial charge on any atom is 0.251 e. The second-order valence-electron chi connectivity index (χ2n) is 6.71. The normalized spacial score (nSPS) is 16.2. The zero-order chi connectivity index (χ0) is 18.9. The zero-order valence-electron chi connectivity index (χ0n) is 15.4. The van der Waals surface area contributed by atoms with Crippen molar-refractivity contribution in [2.45, 2.75) is 38.3 Å². The van der Waals surface area contributed by atoms with Crippen LogP contribution < -0.4 is 5.32 Å². The molecule has 0 aliphatic carbocycles. The summed E-state index contributed by atoms with van der Waals surface area (Å²) in [6.45, 7) is 2.56. The van der Waals surface area contributed by atoms with E-state index in [9.17, 15) is 9.59 Å². The molecule has 1 saturated heterocycles. The van der Waals surface area contributed by atoms with Crippen LogP contribution in [0.3, 0.4) is 0 Å². The number of ether oxygens (including phenoxy) is 1. The number of thiophene rings is 1. The van der Waals surface area contributed by atoms with Crippen LogP contribution in [0, 0.1) is 0 Å². The fraction of sp³-hybridized carbons (Fsp3) is 0.429. The van der Waals surface area contributed by atoms with Gasteiger partial charge in [0.25, 0.3) is 5.91 Å². The predicted octanol–water partition coefficient (Wildman–Crippen LogP) is 3.47. The van der Waals surface area contributed by atoms with Gasteiger partial charge in [-0.05, 0) is 42.8 Å². The molecule has 1 aromatic carbocycles. The molecule has 144 valence electrons. The van der Waals surface area contributed by atoms with E-state index in [1.54, 1.807) is 23.5 Å². The molecule has 0 spiro atoms. The van der Waals surface area contributed by atoms with Crippen LogP contribution in [0.2, 0.25) is 0 Å². The summed E-state index contributed by atoms with van der Waals surface area (Å²) < 4.78 is 5.71. The summed E-state index contributed by atoms with van der Waals surface area (Å²) in [7, 11) is 0. The van der Waals surface area contributed by atoms with Crippen molar-refractivity contribution >= 4 is 23.2 Å². The van der Waals surface area contributed by atoms with Gasteiger partial charge >= 0.3 is 0 Å². The highest BCUT2D eigenvalue weighted by molar-refractivity contribution is 7.09. The molecule has 1 N–H and O–H groups in total. The van der Waals surface area contributed by atoms with Crippen molar-refractivity contribution in [3.8, 4) is 0 Å². The molecule has 1 unspecified atom stereocenters. The summed E-state index contributed by atoms with van der Waals surface area (Å²) in [5.74, 6) is 0.0192. The summed E-state index contributed by atoms with van der Waals surface area (Å²) in [6, 6.07) is 13.2. The van der Waals surface area contributed by atoms with E-state index in [0.29, 0.717) is 38.0 Å². The Hall–Kier alpha value is -2.18. The maximum absolute atomic E-state index is 12.7. The van der Waals surface area contributed by atoms with Crippen LogP contribution in [0.25, 0.3) is 0 Å². The molecule has 27 heavy (non-hydrogen) atoms. The van der Waals surface area contributed by atoms with Crippen molar-refractivity contribution in [1.82, 2.24) is 10.2 Å². The zero-order valence-corrected chi connectivity index (χ0v) is 16.2. The second kappa shape index (κ2) is 10.2. The number of nitrogens with zero attached hydrogens (tertiary/aromatic N) is 1. The molecule has 0 saturated carbocycles. The summed E-state index contributed by atoms with van der Waals surface area (Å²) >= 11 is 1.66. The molecule has 1 aliphatic rings. The molecule has 2 amide bonds. The summed E-state index contributed by atoms with van der Waals surface area (Å²) in [5.41, 5.74) is 0.640. The van der Waals surface area contributed by atoms with Gasteiger partial charge in [0.1, 0.15) is 0 Å². The lowest BCUT2D eigenvalue weighted by Crippen LogP contribution is -2.37. The lowest BCUT2D eigenvalue weighted by molar-refractivity contribution is -0.133. The van der Waals surface area contributed by atoms with E-state index >= 15 is 0 Å². The highest BCUT2D eigenvalue weighted by Gasteiger charge is 2.22. The molecule has 3 rings (SSSR count). The van der Waals surface area contributed by atoms with Gasteiger partial charge < -0.3 is 15.0 Å². The lowest BCUT2D eigenvalue weighted by atomic mass is 10.2. The van der Waals surface area contributed by atoms with E-state index in [-0.39, 0.29) is 17.9 Å². The fourth-order valence-corrected chi connectivity index (χ4v) is 3.89. The molecule has 1 atom stereocenters. The topological polar surface area (TPSA) is 58.6 Å². The predicted molar refractivity (Wildman–Crippen MR) is 107 cm³/mol. The Morgan fingerprint density at radius 2 is 2.04 bits per heavy atom. The van der Waals surface area contributed by atoms with E-state index in [1.165, 1.54) is 4.88 Å². The number of carbonyl (C=O) groups excluding carboxylic acids is 2. The summed E-state index contributed by atoms with van der Waals surface area (Å²) in [5, 5.41) is 4.91. The maximum atomic E-state index is 12.7. The standard InChI is InChI=1S/C21H26N2O3S/c24-20(11-4-12-22-21(25)17-7-2-1-3-8-17)23(15-18-9-5-13-26-18)16-19-10-6-14-27-19/h1-3,6-8,10,14,18H,4-5,9,11-13,15-16H2,(H,22,25). The molecule has 1 aliphatic heterocycles. The number of nitrogens with one attached hydrogen (secondary N) is 1. The minimum atomic E-state index is -0.0992. The summed E-state index contributed by atoms with van der Waals surface area (Å²) in [6.07, 6.45) is 3.28. The first-order valence-electron chi connectivity index (χ1n) is 9.47. The molecular formula is C21H26N2O3S. The Bertz CT molecular complexity index is 712. The molecule has 0 radical (unpaired) electrons. The van der Waals surface area contributed by atoms with E-state index in [0.717, 1.165) is 19.4 Å². The van der Waals surface area contributed by atoms with Crippen molar-refractivity contribution in [3.05, 3.63) is 58.3 Å². The molecule has 1 aromatic heterocycles. The molecule has 1 fully saturated rings. The first-order chi connectivity index (χ1) is 13.2. The second-order valence-corrected chi connectivity index (χ2v) is 7.75. The molecule has 5 nitrogen and oxygen atoms in total. The molecule has 2 heterocycles. The minimum Gasteiger partial charge on any atom is -0.376 e. The highest BCUT2D eigenvalue weighted by Crippen LogP contribution is 2.18. The Morgan fingerprint density at radius 1 is 1.19 bits per heavy atom. The van der Waals surface area contributed by atoms with Crippen LogP contribution in [-0.4, -0.2) is 42.5 Å². The summed E-state index contributed by atoms with van der Waals surface area (Å²) in [4.78, 5) is 27.9. The lowest BCUT2D eigenvalue weighted by Gasteiger charge is -2.25. The van der Waals surface area contributed by atoms with Crippen LogP contribution in [0.4, 0.5) is 0 Å². The molecule has 6 heteroatoms. The fourth-order valence-electron chi connectivity index (χ4n) is 3.17. The number of hydrogen-bond acceptors (Lipinski definition) is 4. The van der Waals surface area contributed by atoms with E-state index in [2.05, 4.69) is 11.4 Å². The number of rotatable bonds is 9. The quantitative estimate of drug-likeness (QED) is 0.672. The SMILES string of the molecule is O=C(NCCCC(=O)N(Cc1cccs1)CC1CCCO1)c1ccccc1. The molecule has 2 aromatic rings. The van der Waals surface area contributed by atoms with Gasteiger partial charge in [-0.3, -0.25) is 9.59 Å². The Labute approximate surface area is 164 Å². The van der Waals surface area contributed by atoms with Crippen molar-refractivity contribution < 1.29 is 14.3 Å². The van der Waals surface area contributed by atoms with E-state index < -0.39 is 0 Å². The van der Waals surface area contributed by atoms with Crippen LogP contribution in [-0.2, 0) is 16.1 Å². The smallest absolute Gasteiger partial charge is 0.251 e. The van der Waals surface area contributed by atoms with Crippen LogP contribution in [0.1, 0.15) is 40.9 Å². The van der Waals surface area contributed by atoms with Crippen molar-refractivity contribution in [1.29, 1.82) is 0 Å². The monoisotopic (exact) mass is 386 g/mol. The molecule has 0 bridgehead atoms. The number of carbonyl (C=O) groups is 2. The van der Waals surface area contributed by atoms with Gasteiger partial charge in [-0.2, -0.15) is 0 Å². The van der Waals surface area contributed by atoms with Crippen molar-refractivity contribution in [3.63, 3.8) is 0 Å². The van der Waals surface area contributed by atoms with Gasteiger partial charge in [-0.25, -0.2) is 0 Å². The third kappa shape index (κ3) is 6.19. The largest absolute Gasteiger partial charge is 0.376 e. The van der Waals surface area contributed by atoms with Gasteiger partial charge in [0.2, 0.25) is 5.91 Å². The van der Waals surface area contributed by atoms with Crippen LogP contribution in [0.15, 0.2) is 47.8 Å². The van der Waals surface area contributed by atoms with Gasteiger partial charge in [0, 0.05) is 36.6 Å². The van der Waals surface area contributed by atoms with Gasteiger partial charge in [-0.1, -0.05) is 24.3 Å². The van der Waals surface area contributed by atoms with Crippen molar-refractivity contribution in [2.24, 2.45) is 0 Å². The highest BCUT2D eigenvalue weighted by atomic mass is 32.1. The third-order valence-electron chi connectivity index (χ3n) is 4.62. The Kier molecular flexibility index (Phi) is 7.42. The average Bonchev–Trinajstić information content (AvgIpc) is 3.39. The van der Waals surface area contributed by atoms with E-state index in [4.69, 9.17) is 4.74 Å². The average molecular weight is 387 g/mol. The minimum absolute atomic E-state index is 0.0992. The molecular weight excluding hydrogens is 360 g/mol. The first kappa shape index (κ1) is 19.6. The van der Waals surface area contributed by atoms with Crippen molar-refractivity contribution in [2.75, 3.05) is 19.7 Å². The van der Waals surface area contributed by atoms with Crippen LogP contribution >= 0.6 is 11.3 Å². The van der Waals surface area contributed by atoms with Crippen LogP contribution in [0.5, 0.6) is 0 Å². The Morgan fingerprint density at radius 3 is 2.74 bits per heavy atom. The Balaban J connectivity index is 1.45. The van der Waals surface area contributed by atoms with Gasteiger partial charge in [0.15, 0.2) is 0 Å². The number of benzene rings is 1. The van der Waals surface area contributed by atoms with Gasteiger partial charge in [0.05, 0.1) is 12.6 Å². The third-order valence-corrected chi connectivity index (χ3v) is 5.48. The van der Waals surface area contributed by atoms with Gasteiger partial charge in [-0.15, -0.1) is 11.3 Å². The number of amides is 2. The number of hydrogen-bond donors (Lipinski definition) is 1.